The highest BCUT2D eigenvalue weighted by molar-refractivity contribution is 9.10. The van der Waals surface area contributed by atoms with Gasteiger partial charge in [-0.25, -0.2) is 0 Å². The first-order valence-corrected chi connectivity index (χ1v) is 4.16. The molecule has 0 aliphatic carbocycles. The molecule has 0 saturated heterocycles. The lowest BCUT2D eigenvalue weighted by Crippen LogP contribution is -2.15. The molecular weight excluding hydrogens is 178 g/mol. The van der Waals surface area contributed by atoms with Crippen LogP contribution in [0.25, 0.3) is 0 Å². The Hall–Kier alpha value is 0.440. The fraction of sp³-hybridized carbons (Fsp3) is 1.00. The van der Waals surface area contributed by atoms with Gasteiger partial charge in [-0.3, -0.25) is 0 Å². The van der Waals surface area contributed by atoms with Crippen molar-refractivity contribution in [1.82, 2.24) is 6.15 Å². The molecule has 9 heavy (non-hydrogen) atoms. The molecule has 0 bridgehead atoms. The van der Waals surface area contributed by atoms with Gasteiger partial charge in [0.1, 0.15) is 0 Å². The molecule has 0 heterocycles. The molecule has 0 aromatic rings. The van der Waals surface area contributed by atoms with Crippen molar-refractivity contribution in [3.63, 3.8) is 0 Å². The second kappa shape index (κ2) is 5.24. The summed E-state index contributed by atoms with van der Waals surface area (Å²) in [4.78, 5) is 0. The van der Waals surface area contributed by atoms with Crippen molar-refractivity contribution in [2.75, 3.05) is 0 Å². The van der Waals surface area contributed by atoms with Gasteiger partial charge in [-0.05, 0) is 19.3 Å². The summed E-state index contributed by atoms with van der Waals surface area (Å²) in [5.41, 5.74) is 0. The van der Waals surface area contributed by atoms with Gasteiger partial charge in [0.2, 0.25) is 0 Å². The molecule has 0 unspecified atom stereocenters. The summed E-state index contributed by atoms with van der Waals surface area (Å²) in [5, 5.41) is 0. The van der Waals surface area contributed by atoms with E-state index in [1.54, 1.807) is 0 Å². The molecule has 0 amide bonds. The first-order chi connectivity index (χ1) is 3.68. The van der Waals surface area contributed by atoms with Crippen LogP contribution in [0.1, 0.15) is 40.0 Å². The molecule has 0 aromatic carbocycles. The number of alkyl halides is 1. The molecule has 0 fully saturated rings. The van der Waals surface area contributed by atoms with E-state index in [2.05, 4.69) is 36.7 Å². The smallest absolute Gasteiger partial charge is 0.0250 e. The van der Waals surface area contributed by atoms with Crippen LogP contribution in [0.2, 0.25) is 0 Å². The SMILES string of the molecule is CCC(Br)(CC)CC.N. The fourth-order valence-electron chi connectivity index (χ4n) is 0.750. The Morgan fingerprint density at radius 1 is 1.00 bits per heavy atom. The van der Waals surface area contributed by atoms with Crippen molar-refractivity contribution < 1.29 is 0 Å². The molecule has 58 valence electrons. The van der Waals surface area contributed by atoms with Crippen LogP contribution < -0.4 is 6.15 Å². The average molecular weight is 196 g/mol. The largest absolute Gasteiger partial charge is 0.344 e. The molecule has 0 atom stereocenters. The topological polar surface area (TPSA) is 35.0 Å². The summed E-state index contributed by atoms with van der Waals surface area (Å²) in [5.74, 6) is 0. The van der Waals surface area contributed by atoms with Crippen LogP contribution in [-0.2, 0) is 0 Å². The van der Waals surface area contributed by atoms with Crippen LogP contribution in [0.4, 0.5) is 0 Å². The molecule has 0 aromatic heterocycles. The first-order valence-electron chi connectivity index (χ1n) is 3.37. The van der Waals surface area contributed by atoms with Crippen LogP contribution in [0.15, 0.2) is 0 Å². The molecule has 3 N–H and O–H groups in total. The lowest BCUT2D eigenvalue weighted by Gasteiger charge is -2.21. The summed E-state index contributed by atoms with van der Waals surface area (Å²) in [6.07, 6.45) is 3.71. The van der Waals surface area contributed by atoms with Crippen LogP contribution in [0.5, 0.6) is 0 Å². The molecule has 0 aliphatic rings. The number of hydrogen-bond donors (Lipinski definition) is 1. The Bertz CT molecular complexity index is 51.7. The number of rotatable bonds is 3. The quantitative estimate of drug-likeness (QED) is 0.688. The Labute approximate surface area is 66.9 Å². The Morgan fingerprint density at radius 3 is 1.22 bits per heavy atom. The standard InChI is InChI=1S/C7H15Br.H3N/c1-4-7(8,5-2)6-3;/h4-6H2,1-3H3;1H3. The summed E-state index contributed by atoms with van der Waals surface area (Å²) < 4.78 is 0.438. The van der Waals surface area contributed by atoms with Gasteiger partial charge in [-0.1, -0.05) is 36.7 Å². The first kappa shape index (κ1) is 12.1. The molecule has 0 rings (SSSR count). The predicted molar refractivity (Wildman–Crippen MR) is 47.6 cm³/mol. The van der Waals surface area contributed by atoms with Gasteiger partial charge in [0.05, 0.1) is 0 Å². The molecular formula is C7H18BrN. The maximum atomic E-state index is 3.68. The second-order valence-corrected chi connectivity index (χ2v) is 3.89. The lowest BCUT2D eigenvalue weighted by molar-refractivity contribution is 0.544. The molecule has 2 heteroatoms. The van der Waals surface area contributed by atoms with Crippen LogP contribution in [0, 0.1) is 0 Å². The van der Waals surface area contributed by atoms with Crippen LogP contribution in [-0.4, -0.2) is 4.32 Å². The van der Waals surface area contributed by atoms with E-state index in [9.17, 15) is 0 Å². The molecule has 0 saturated carbocycles. The van der Waals surface area contributed by atoms with E-state index >= 15 is 0 Å². The average Bonchev–Trinajstić information content (AvgIpc) is 1.87. The van der Waals surface area contributed by atoms with Gasteiger partial charge >= 0.3 is 0 Å². The summed E-state index contributed by atoms with van der Waals surface area (Å²) in [6, 6.07) is 0. The third kappa shape index (κ3) is 3.93. The summed E-state index contributed by atoms with van der Waals surface area (Å²) in [6.45, 7) is 6.67. The van der Waals surface area contributed by atoms with Crippen molar-refractivity contribution in [1.29, 1.82) is 0 Å². The van der Waals surface area contributed by atoms with E-state index in [-0.39, 0.29) is 6.15 Å². The minimum Gasteiger partial charge on any atom is -0.344 e. The highest BCUT2D eigenvalue weighted by Gasteiger charge is 2.17. The van der Waals surface area contributed by atoms with Crippen molar-refractivity contribution in [2.45, 2.75) is 44.4 Å². The van der Waals surface area contributed by atoms with Crippen LogP contribution >= 0.6 is 15.9 Å². The van der Waals surface area contributed by atoms with Crippen molar-refractivity contribution in [3.8, 4) is 0 Å². The maximum absolute atomic E-state index is 3.68. The number of halogens is 1. The van der Waals surface area contributed by atoms with E-state index in [4.69, 9.17) is 0 Å². The highest BCUT2D eigenvalue weighted by Crippen LogP contribution is 2.29. The van der Waals surface area contributed by atoms with Crippen molar-refractivity contribution in [2.24, 2.45) is 0 Å². The zero-order chi connectivity index (χ0) is 6.62. The zero-order valence-corrected chi connectivity index (χ0v) is 8.29. The van der Waals surface area contributed by atoms with E-state index in [1.807, 2.05) is 0 Å². The Morgan fingerprint density at radius 2 is 1.22 bits per heavy atom. The molecule has 0 aliphatic heterocycles. The zero-order valence-electron chi connectivity index (χ0n) is 6.71. The highest BCUT2D eigenvalue weighted by atomic mass is 79.9. The fourth-order valence-corrected chi connectivity index (χ4v) is 0.750. The van der Waals surface area contributed by atoms with Crippen molar-refractivity contribution >= 4 is 15.9 Å². The monoisotopic (exact) mass is 195 g/mol. The summed E-state index contributed by atoms with van der Waals surface area (Å²) >= 11 is 3.68. The third-order valence-corrected chi connectivity index (χ3v) is 3.58. The normalized spacial score (nSPS) is 10.7. The maximum Gasteiger partial charge on any atom is 0.0250 e. The number of hydrogen-bond acceptors (Lipinski definition) is 1. The van der Waals surface area contributed by atoms with Gasteiger partial charge in [0.15, 0.2) is 0 Å². The molecule has 0 spiro atoms. The molecule has 1 nitrogen and oxygen atoms in total. The van der Waals surface area contributed by atoms with E-state index in [1.165, 1.54) is 19.3 Å². The van der Waals surface area contributed by atoms with E-state index < -0.39 is 0 Å². The Kier molecular flexibility index (Phi) is 7.08. The summed E-state index contributed by atoms with van der Waals surface area (Å²) in [7, 11) is 0. The minimum atomic E-state index is 0. The van der Waals surface area contributed by atoms with Gasteiger partial charge < -0.3 is 6.15 Å². The minimum absolute atomic E-state index is 0. The van der Waals surface area contributed by atoms with E-state index in [0.717, 1.165) is 0 Å². The van der Waals surface area contributed by atoms with Crippen molar-refractivity contribution in [3.05, 3.63) is 0 Å². The van der Waals surface area contributed by atoms with Gasteiger partial charge in [-0.2, -0.15) is 0 Å². The Balaban J connectivity index is 0. The van der Waals surface area contributed by atoms with Gasteiger partial charge in [0.25, 0.3) is 0 Å². The van der Waals surface area contributed by atoms with E-state index in [0.29, 0.717) is 4.32 Å². The molecule has 0 radical (unpaired) electrons. The van der Waals surface area contributed by atoms with Crippen LogP contribution in [0.3, 0.4) is 0 Å². The van der Waals surface area contributed by atoms with Gasteiger partial charge in [-0.15, -0.1) is 0 Å². The second-order valence-electron chi connectivity index (χ2n) is 2.21. The lowest BCUT2D eigenvalue weighted by atomic mass is 10.0. The van der Waals surface area contributed by atoms with Gasteiger partial charge in [0, 0.05) is 4.32 Å². The predicted octanol–water partition coefficient (Wildman–Crippen LogP) is 3.51. The third-order valence-electron chi connectivity index (χ3n) is 1.90.